The van der Waals surface area contributed by atoms with Crippen LogP contribution in [-0.2, 0) is 13.0 Å². The van der Waals surface area contributed by atoms with E-state index in [0.29, 0.717) is 5.82 Å². The number of hydrogen-bond acceptors (Lipinski definition) is 4. The molecule has 0 saturated heterocycles. The van der Waals surface area contributed by atoms with E-state index in [2.05, 4.69) is 39.6 Å². The lowest BCUT2D eigenvalue weighted by Gasteiger charge is -2.19. The van der Waals surface area contributed by atoms with Crippen molar-refractivity contribution in [3.63, 3.8) is 0 Å². The van der Waals surface area contributed by atoms with E-state index in [0.717, 1.165) is 25.2 Å². The van der Waals surface area contributed by atoms with Crippen LogP contribution in [0.1, 0.15) is 11.3 Å². The minimum atomic E-state index is 0.708. The minimum Gasteiger partial charge on any atom is -0.365 e. The number of hydrogen-bond donors (Lipinski definition) is 2. The summed E-state index contributed by atoms with van der Waals surface area (Å²) in [4.78, 5) is 6.81. The number of nitrogens with two attached hydrogens (primary N) is 1. The summed E-state index contributed by atoms with van der Waals surface area (Å²) < 4.78 is 0. The van der Waals surface area contributed by atoms with Gasteiger partial charge in [-0.05, 0) is 30.2 Å². The summed E-state index contributed by atoms with van der Waals surface area (Å²) in [5.74, 6) is 6.09. The third kappa shape index (κ3) is 2.02. The van der Waals surface area contributed by atoms with Crippen LogP contribution in [0.5, 0.6) is 0 Å². The van der Waals surface area contributed by atoms with Crippen molar-refractivity contribution in [3.8, 4) is 0 Å². The largest absolute Gasteiger partial charge is 0.365 e. The van der Waals surface area contributed by atoms with Gasteiger partial charge in [0.05, 0.1) is 12.2 Å². The van der Waals surface area contributed by atoms with E-state index in [1.807, 2.05) is 18.2 Å². The van der Waals surface area contributed by atoms with Gasteiger partial charge in [-0.15, -0.1) is 0 Å². The molecule has 1 aromatic carbocycles. The maximum absolute atomic E-state index is 5.38. The lowest BCUT2D eigenvalue weighted by Crippen LogP contribution is -2.20. The normalized spacial score (nSPS) is 13.5. The van der Waals surface area contributed by atoms with Crippen LogP contribution in [0, 0.1) is 0 Å². The summed E-state index contributed by atoms with van der Waals surface area (Å²) in [6.45, 7) is 1.88. The summed E-state index contributed by atoms with van der Waals surface area (Å²) in [7, 11) is 0. The highest BCUT2D eigenvalue weighted by molar-refractivity contribution is 5.57. The maximum atomic E-state index is 5.38. The quantitative estimate of drug-likeness (QED) is 0.636. The Bertz CT molecular complexity index is 553. The molecule has 92 valence electrons. The van der Waals surface area contributed by atoms with Crippen LogP contribution in [0.25, 0.3) is 0 Å². The Kier molecular flexibility index (Phi) is 2.86. The highest BCUT2D eigenvalue weighted by atomic mass is 15.3. The molecule has 0 amide bonds. The van der Waals surface area contributed by atoms with E-state index in [1.165, 1.54) is 11.3 Å². The number of fused-ring (bicyclic) bond motifs is 1. The van der Waals surface area contributed by atoms with Crippen molar-refractivity contribution >= 4 is 11.5 Å². The topological polar surface area (TPSA) is 54.2 Å². The Morgan fingerprint density at radius 3 is 2.94 bits per heavy atom. The highest BCUT2D eigenvalue weighted by Crippen LogP contribution is 2.28. The molecule has 3 rings (SSSR count). The fourth-order valence-corrected chi connectivity index (χ4v) is 2.41. The fraction of sp³-hybridized carbons (Fsp3) is 0.214. The molecule has 0 saturated carbocycles. The average molecular weight is 240 g/mol. The van der Waals surface area contributed by atoms with Crippen molar-refractivity contribution in [2.45, 2.75) is 13.0 Å². The SMILES string of the molecule is NNc1cccc(CN2CCc3ccccc32)n1. The second-order valence-electron chi connectivity index (χ2n) is 4.46. The number of rotatable bonds is 3. The zero-order chi connectivity index (χ0) is 12.4. The predicted molar refractivity (Wildman–Crippen MR) is 73.2 cm³/mol. The first-order valence-corrected chi connectivity index (χ1v) is 6.12. The molecule has 1 aliphatic heterocycles. The third-order valence-corrected chi connectivity index (χ3v) is 3.29. The van der Waals surface area contributed by atoms with Gasteiger partial charge < -0.3 is 10.3 Å². The number of nitrogen functional groups attached to an aromatic ring is 1. The van der Waals surface area contributed by atoms with Gasteiger partial charge in [0, 0.05) is 12.2 Å². The molecule has 2 heterocycles. The molecule has 0 atom stereocenters. The van der Waals surface area contributed by atoms with E-state index >= 15 is 0 Å². The first-order valence-electron chi connectivity index (χ1n) is 6.12. The summed E-state index contributed by atoms with van der Waals surface area (Å²) in [6, 6.07) is 14.4. The first-order chi connectivity index (χ1) is 8.86. The van der Waals surface area contributed by atoms with Gasteiger partial charge in [0.25, 0.3) is 0 Å². The number of anilines is 2. The Hall–Kier alpha value is -2.07. The maximum Gasteiger partial charge on any atom is 0.140 e. The molecule has 4 nitrogen and oxygen atoms in total. The Morgan fingerprint density at radius 2 is 2.06 bits per heavy atom. The second-order valence-corrected chi connectivity index (χ2v) is 4.46. The van der Waals surface area contributed by atoms with E-state index in [4.69, 9.17) is 5.84 Å². The lowest BCUT2D eigenvalue weighted by atomic mass is 10.2. The summed E-state index contributed by atoms with van der Waals surface area (Å²) in [6.07, 6.45) is 1.12. The highest BCUT2D eigenvalue weighted by Gasteiger charge is 2.18. The molecular weight excluding hydrogens is 224 g/mol. The van der Waals surface area contributed by atoms with Gasteiger partial charge in [0.15, 0.2) is 0 Å². The van der Waals surface area contributed by atoms with Gasteiger partial charge in [-0.1, -0.05) is 24.3 Å². The van der Waals surface area contributed by atoms with Gasteiger partial charge in [0.1, 0.15) is 5.82 Å². The standard InChI is InChI=1S/C14H16N4/c15-17-14-7-3-5-12(16-14)10-18-9-8-11-4-1-2-6-13(11)18/h1-7H,8-10,15H2,(H,16,17). The number of nitrogens with one attached hydrogen (secondary N) is 1. The summed E-state index contributed by atoms with van der Waals surface area (Å²) in [5.41, 5.74) is 6.36. The van der Waals surface area contributed by atoms with Gasteiger partial charge in [-0.3, -0.25) is 0 Å². The monoisotopic (exact) mass is 240 g/mol. The molecule has 1 aliphatic rings. The van der Waals surface area contributed by atoms with Gasteiger partial charge in [0.2, 0.25) is 0 Å². The lowest BCUT2D eigenvalue weighted by molar-refractivity contribution is 0.815. The van der Waals surface area contributed by atoms with Gasteiger partial charge in [-0.2, -0.15) is 0 Å². The number of pyridine rings is 1. The third-order valence-electron chi connectivity index (χ3n) is 3.29. The average Bonchev–Trinajstić information content (AvgIpc) is 2.83. The summed E-state index contributed by atoms with van der Waals surface area (Å²) >= 11 is 0. The van der Waals surface area contributed by atoms with Crippen molar-refractivity contribution in [2.75, 3.05) is 16.9 Å². The van der Waals surface area contributed by atoms with Gasteiger partial charge in [-0.25, -0.2) is 10.8 Å². The van der Waals surface area contributed by atoms with E-state index in [-0.39, 0.29) is 0 Å². The Morgan fingerprint density at radius 1 is 1.17 bits per heavy atom. The Balaban J connectivity index is 1.82. The molecule has 0 bridgehead atoms. The smallest absolute Gasteiger partial charge is 0.140 e. The molecular formula is C14H16N4. The summed E-state index contributed by atoms with van der Waals surface area (Å²) in [5, 5.41) is 0. The molecule has 1 aromatic heterocycles. The second kappa shape index (κ2) is 4.66. The molecule has 0 spiro atoms. The van der Waals surface area contributed by atoms with Crippen LogP contribution in [0.15, 0.2) is 42.5 Å². The molecule has 0 unspecified atom stereocenters. The van der Waals surface area contributed by atoms with Crippen molar-refractivity contribution < 1.29 is 0 Å². The van der Waals surface area contributed by atoms with Crippen LogP contribution in [0.2, 0.25) is 0 Å². The molecule has 4 heteroatoms. The number of nitrogens with zero attached hydrogens (tertiary/aromatic N) is 2. The number of aromatic nitrogens is 1. The van der Waals surface area contributed by atoms with E-state index < -0.39 is 0 Å². The van der Waals surface area contributed by atoms with Crippen LogP contribution in [0.4, 0.5) is 11.5 Å². The van der Waals surface area contributed by atoms with Crippen molar-refractivity contribution in [1.29, 1.82) is 0 Å². The molecule has 0 aliphatic carbocycles. The van der Waals surface area contributed by atoms with Crippen LogP contribution in [0.3, 0.4) is 0 Å². The fourth-order valence-electron chi connectivity index (χ4n) is 2.41. The Labute approximate surface area is 106 Å². The van der Waals surface area contributed by atoms with Gasteiger partial charge >= 0.3 is 0 Å². The van der Waals surface area contributed by atoms with Crippen molar-refractivity contribution in [3.05, 3.63) is 53.7 Å². The zero-order valence-corrected chi connectivity index (χ0v) is 10.1. The number of para-hydroxylation sites is 1. The number of benzene rings is 1. The van der Waals surface area contributed by atoms with Crippen molar-refractivity contribution in [1.82, 2.24) is 4.98 Å². The molecule has 0 fully saturated rings. The zero-order valence-electron chi connectivity index (χ0n) is 10.1. The van der Waals surface area contributed by atoms with Crippen LogP contribution < -0.4 is 16.2 Å². The molecule has 2 aromatic rings. The van der Waals surface area contributed by atoms with E-state index in [1.54, 1.807) is 0 Å². The van der Waals surface area contributed by atoms with Crippen molar-refractivity contribution in [2.24, 2.45) is 5.84 Å². The molecule has 0 radical (unpaired) electrons. The molecule has 3 N–H and O–H groups in total. The molecule has 18 heavy (non-hydrogen) atoms. The minimum absolute atomic E-state index is 0.708. The van der Waals surface area contributed by atoms with Crippen LogP contribution in [-0.4, -0.2) is 11.5 Å². The number of hydrazine groups is 1. The van der Waals surface area contributed by atoms with Crippen LogP contribution >= 0.6 is 0 Å². The predicted octanol–water partition coefficient (Wildman–Crippen LogP) is 1.93. The first kappa shape index (κ1) is 11.0. The van der Waals surface area contributed by atoms with E-state index in [9.17, 15) is 0 Å².